The molecule has 0 spiro atoms. The number of rotatable bonds is 1. The van der Waals surface area contributed by atoms with Crippen LogP contribution in [0.4, 0.5) is 0 Å². The maximum Gasteiger partial charge on any atom is 0.0528 e. The van der Waals surface area contributed by atoms with Gasteiger partial charge in [0.25, 0.3) is 0 Å². The summed E-state index contributed by atoms with van der Waals surface area (Å²) in [5.41, 5.74) is 4.44. The van der Waals surface area contributed by atoms with Crippen LogP contribution in [0.2, 0.25) is 0 Å². The van der Waals surface area contributed by atoms with Crippen molar-refractivity contribution in [3.05, 3.63) is 33.9 Å². The molecular weight excluding hydrogens is 276 g/mol. The number of halogens is 1. The minimum Gasteiger partial charge on any atom is -0.342 e. The Hall–Kier alpha value is -0.800. The molecule has 17 heavy (non-hydrogen) atoms. The summed E-state index contributed by atoms with van der Waals surface area (Å²) < 4.78 is 3.84. The number of aromatic nitrogens is 1. The monoisotopic (exact) mass is 290 g/mol. The van der Waals surface area contributed by atoms with Crippen LogP contribution in [0.5, 0.6) is 0 Å². The average molecular weight is 291 g/mol. The predicted molar refractivity (Wildman–Crippen MR) is 73.3 cm³/mol. The van der Waals surface area contributed by atoms with Crippen molar-refractivity contribution >= 4 is 26.8 Å². The number of aryl methyl sites for hydroxylation is 2. The summed E-state index contributed by atoms with van der Waals surface area (Å²) in [4.78, 5) is 0. The average Bonchev–Trinajstić information content (AvgIpc) is 3.02. The maximum absolute atomic E-state index is 3.82. The Balaban J connectivity index is 2.02. The van der Waals surface area contributed by atoms with E-state index >= 15 is 0 Å². The van der Waals surface area contributed by atoms with E-state index in [0.29, 0.717) is 6.04 Å². The van der Waals surface area contributed by atoms with E-state index in [1.165, 1.54) is 45.9 Å². The van der Waals surface area contributed by atoms with Gasteiger partial charge in [0.2, 0.25) is 0 Å². The Kier molecular flexibility index (Phi) is 2.15. The second kappa shape index (κ2) is 3.59. The minimum atomic E-state index is 0.544. The molecule has 0 bridgehead atoms. The largest absolute Gasteiger partial charge is 0.342 e. The van der Waals surface area contributed by atoms with E-state index < -0.39 is 0 Å². The highest BCUT2D eigenvalue weighted by Gasteiger charge is 2.28. The molecule has 3 heterocycles. The van der Waals surface area contributed by atoms with Gasteiger partial charge in [-0.15, -0.1) is 0 Å². The van der Waals surface area contributed by atoms with Gasteiger partial charge in [-0.3, -0.25) is 0 Å². The second-order valence-electron chi connectivity index (χ2n) is 5.06. The topological polar surface area (TPSA) is 17.0 Å². The van der Waals surface area contributed by atoms with Gasteiger partial charge in [-0.1, -0.05) is 18.2 Å². The molecule has 0 saturated carbocycles. The molecule has 0 aliphatic carbocycles. The third-order valence-corrected chi connectivity index (χ3v) is 4.97. The molecule has 1 aromatic heterocycles. The Labute approximate surface area is 109 Å². The first kappa shape index (κ1) is 10.2. The number of nitrogens with one attached hydrogen (secondary N) is 1. The quantitative estimate of drug-likeness (QED) is 0.852. The molecule has 1 unspecified atom stereocenters. The van der Waals surface area contributed by atoms with Gasteiger partial charge in [0.1, 0.15) is 0 Å². The normalized spacial score (nSPS) is 22.8. The summed E-state index contributed by atoms with van der Waals surface area (Å²) in [6.07, 6.45) is 3.76. The first-order valence-corrected chi connectivity index (χ1v) is 7.18. The van der Waals surface area contributed by atoms with Gasteiger partial charge in [-0.2, -0.15) is 0 Å². The molecule has 0 amide bonds. The van der Waals surface area contributed by atoms with E-state index in [1.807, 2.05) is 0 Å². The maximum atomic E-state index is 3.82. The van der Waals surface area contributed by atoms with Crippen LogP contribution in [0.15, 0.2) is 22.7 Å². The van der Waals surface area contributed by atoms with E-state index in [1.54, 1.807) is 0 Å². The van der Waals surface area contributed by atoms with Crippen LogP contribution < -0.4 is 5.32 Å². The number of nitrogens with zero attached hydrogens (tertiary/aromatic N) is 1. The predicted octanol–water partition coefficient (Wildman–Crippen LogP) is 3.38. The second-order valence-corrected chi connectivity index (χ2v) is 5.86. The fraction of sp³-hybridized carbons (Fsp3) is 0.429. The van der Waals surface area contributed by atoms with Crippen molar-refractivity contribution in [2.75, 3.05) is 6.54 Å². The van der Waals surface area contributed by atoms with Gasteiger partial charge in [-0.05, 0) is 47.3 Å². The number of para-hydroxylation sites is 1. The lowest BCUT2D eigenvalue weighted by Gasteiger charge is -2.14. The van der Waals surface area contributed by atoms with E-state index in [-0.39, 0.29) is 0 Å². The van der Waals surface area contributed by atoms with Crippen LogP contribution in [-0.4, -0.2) is 11.1 Å². The van der Waals surface area contributed by atoms with Crippen molar-refractivity contribution in [3.63, 3.8) is 0 Å². The molecule has 2 aliphatic rings. The molecule has 1 atom stereocenters. The summed E-state index contributed by atoms with van der Waals surface area (Å²) in [5, 5.41) is 5.01. The Morgan fingerprint density at radius 1 is 1.35 bits per heavy atom. The van der Waals surface area contributed by atoms with E-state index in [9.17, 15) is 0 Å². The van der Waals surface area contributed by atoms with Crippen LogP contribution in [0.25, 0.3) is 10.9 Å². The molecule has 1 fully saturated rings. The highest BCUT2D eigenvalue weighted by Crippen LogP contribution is 2.41. The van der Waals surface area contributed by atoms with Crippen molar-refractivity contribution in [1.82, 2.24) is 9.88 Å². The van der Waals surface area contributed by atoms with Gasteiger partial charge in [0.05, 0.1) is 11.2 Å². The molecule has 4 rings (SSSR count). The molecule has 2 nitrogen and oxygen atoms in total. The van der Waals surface area contributed by atoms with E-state index in [2.05, 4.69) is 44.0 Å². The van der Waals surface area contributed by atoms with Gasteiger partial charge < -0.3 is 9.88 Å². The third kappa shape index (κ3) is 1.30. The number of hydrogen-bond donors (Lipinski definition) is 1. The highest BCUT2D eigenvalue weighted by molar-refractivity contribution is 9.10. The first-order chi connectivity index (χ1) is 8.36. The van der Waals surface area contributed by atoms with Gasteiger partial charge in [0, 0.05) is 22.4 Å². The fourth-order valence-electron chi connectivity index (χ4n) is 3.39. The molecule has 1 aromatic carbocycles. The molecule has 88 valence electrons. The minimum absolute atomic E-state index is 0.544. The summed E-state index contributed by atoms with van der Waals surface area (Å²) in [6.45, 7) is 2.31. The smallest absolute Gasteiger partial charge is 0.0528 e. The summed E-state index contributed by atoms with van der Waals surface area (Å²) in [5.74, 6) is 0. The van der Waals surface area contributed by atoms with Crippen molar-refractivity contribution in [2.45, 2.75) is 31.8 Å². The zero-order valence-corrected chi connectivity index (χ0v) is 11.3. The molecular formula is C14H15BrN2. The molecule has 1 N–H and O–H groups in total. The molecule has 0 radical (unpaired) electrons. The van der Waals surface area contributed by atoms with Crippen LogP contribution in [0.1, 0.15) is 30.1 Å². The summed E-state index contributed by atoms with van der Waals surface area (Å²) >= 11 is 3.82. The number of hydrogen-bond acceptors (Lipinski definition) is 1. The summed E-state index contributed by atoms with van der Waals surface area (Å²) in [6, 6.07) is 7.24. The fourth-order valence-corrected chi connectivity index (χ4v) is 4.20. The zero-order valence-electron chi connectivity index (χ0n) is 9.67. The van der Waals surface area contributed by atoms with Crippen molar-refractivity contribution in [1.29, 1.82) is 0 Å². The molecule has 3 heteroatoms. The molecule has 2 aliphatic heterocycles. The van der Waals surface area contributed by atoms with E-state index in [0.717, 1.165) is 13.1 Å². The standard InChI is InChI=1S/C14H15BrN2/c15-12-10-4-1-3-9-6-8-17(13(9)10)14(12)11-5-2-7-16-11/h1,3-4,11,16H,2,5-8H2. The van der Waals surface area contributed by atoms with E-state index in [4.69, 9.17) is 0 Å². The number of benzene rings is 1. The van der Waals surface area contributed by atoms with Crippen LogP contribution in [0.3, 0.4) is 0 Å². The van der Waals surface area contributed by atoms with Crippen molar-refractivity contribution in [3.8, 4) is 0 Å². The van der Waals surface area contributed by atoms with Crippen molar-refractivity contribution < 1.29 is 0 Å². The molecule has 1 saturated heterocycles. The lowest BCUT2D eigenvalue weighted by molar-refractivity contribution is 0.580. The Morgan fingerprint density at radius 2 is 2.29 bits per heavy atom. The highest BCUT2D eigenvalue weighted by atomic mass is 79.9. The van der Waals surface area contributed by atoms with Crippen molar-refractivity contribution in [2.24, 2.45) is 0 Å². The SMILES string of the molecule is Brc1c(C2CCCN2)n2c3c(cccc13)CC2. The first-order valence-electron chi connectivity index (χ1n) is 6.39. The van der Waals surface area contributed by atoms with Gasteiger partial charge in [0.15, 0.2) is 0 Å². The molecule has 2 aromatic rings. The Morgan fingerprint density at radius 3 is 3.12 bits per heavy atom. The Bertz CT molecular complexity index is 594. The van der Waals surface area contributed by atoms with Gasteiger partial charge >= 0.3 is 0 Å². The lowest BCUT2D eigenvalue weighted by Crippen LogP contribution is -2.16. The summed E-state index contributed by atoms with van der Waals surface area (Å²) in [7, 11) is 0. The van der Waals surface area contributed by atoms with Crippen LogP contribution in [0, 0.1) is 0 Å². The lowest BCUT2D eigenvalue weighted by atomic mass is 10.1. The van der Waals surface area contributed by atoms with Crippen LogP contribution >= 0.6 is 15.9 Å². The zero-order chi connectivity index (χ0) is 11.4. The van der Waals surface area contributed by atoms with Gasteiger partial charge in [-0.25, -0.2) is 0 Å². The van der Waals surface area contributed by atoms with Crippen LogP contribution in [-0.2, 0) is 13.0 Å². The third-order valence-electron chi connectivity index (χ3n) is 4.14.